The molecular formula is C10H20N2O2. The molecule has 1 rings (SSSR count). The first-order valence-electron chi connectivity index (χ1n) is 5.27. The second-order valence-corrected chi connectivity index (χ2v) is 3.89. The summed E-state index contributed by atoms with van der Waals surface area (Å²) in [7, 11) is 1.76. The maximum Gasteiger partial charge on any atom is 0.218 e. The fourth-order valence-corrected chi connectivity index (χ4v) is 1.94. The van der Waals surface area contributed by atoms with E-state index in [1.54, 1.807) is 7.11 Å². The van der Waals surface area contributed by atoms with Gasteiger partial charge in [-0.2, -0.15) is 0 Å². The maximum atomic E-state index is 10.5. The highest BCUT2D eigenvalue weighted by atomic mass is 16.5. The zero-order valence-electron chi connectivity index (χ0n) is 8.79. The molecule has 0 bridgehead atoms. The van der Waals surface area contributed by atoms with Gasteiger partial charge in [-0.25, -0.2) is 0 Å². The number of ether oxygens (including phenoxy) is 1. The molecule has 0 spiro atoms. The van der Waals surface area contributed by atoms with Gasteiger partial charge in [0.15, 0.2) is 0 Å². The SMILES string of the molecule is COC1CCCC(NCCC(N)=O)C1. The molecule has 4 nitrogen and oxygen atoms in total. The van der Waals surface area contributed by atoms with Crippen molar-refractivity contribution >= 4 is 5.91 Å². The van der Waals surface area contributed by atoms with Crippen molar-refractivity contribution in [2.24, 2.45) is 5.73 Å². The molecular weight excluding hydrogens is 180 g/mol. The first kappa shape index (κ1) is 11.5. The second kappa shape index (κ2) is 5.98. The van der Waals surface area contributed by atoms with Crippen LogP contribution in [0.2, 0.25) is 0 Å². The number of primary amides is 1. The molecule has 82 valence electrons. The van der Waals surface area contributed by atoms with Gasteiger partial charge in [0.25, 0.3) is 0 Å². The molecule has 14 heavy (non-hydrogen) atoms. The van der Waals surface area contributed by atoms with Gasteiger partial charge >= 0.3 is 0 Å². The van der Waals surface area contributed by atoms with Crippen molar-refractivity contribution in [3.63, 3.8) is 0 Å². The minimum atomic E-state index is -0.239. The van der Waals surface area contributed by atoms with E-state index in [9.17, 15) is 4.79 Å². The fraction of sp³-hybridized carbons (Fsp3) is 0.900. The van der Waals surface area contributed by atoms with Crippen molar-refractivity contribution < 1.29 is 9.53 Å². The van der Waals surface area contributed by atoms with E-state index >= 15 is 0 Å². The van der Waals surface area contributed by atoms with E-state index in [-0.39, 0.29) is 5.91 Å². The molecule has 1 fully saturated rings. The number of hydrogen-bond acceptors (Lipinski definition) is 3. The minimum absolute atomic E-state index is 0.239. The lowest BCUT2D eigenvalue weighted by atomic mass is 9.93. The first-order chi connectivity index (χ1) is 6.72. The van der Waals surface area contributed by atoms with Crippen molar-refractivity contribution in [3.05, 3.63) is 0 Å². The fourth-order valence-electron chi connectivity index (χ4n) is 1.94. The molecule has 0 aromatic carbocycles. The molecule has 1 aliphatic carbocycles. The van der Waals surface area contributed by atoms with Gasteiger partial charge < -0.3 is 15.8 Å². The number of methoxy groups -OCH3 is 1. The summed E-state index contributed by atoms with van der Waals surface area (Å²) >= 11 is 0. The summed E-state index contributed by atoms with van der Waals surface area (Å²) in [5.41, 5.74) is 5.06. The van der Waals surface area contributed by atoms with Crippen LogP contribution in [0.15, 0.2) is 0 Å². The van der Waals surface area contributed by atoms with Crippen LogP contribution in [0.1, 0.15) is 32.1 Å². The van der Waals surface area contributed by atoms with Gasteiger partial charge in [0.2, 0.25) is 5.91 Å². The monoisotopic (exact) mass is 200 g/mol. The molecule has 0 radical (unpaired) electrons. The minimum Gasteiger partial charge on any atom is -0.381 e. The molecule has 1 saturated carbocycles. The molecule has 2 unspecified atom stereocenters. The van der Waals surface area contributed by atoms with Crippen LogP contribution in [-0.4, -0.2) is 31.7 Å². The normalized spacial score (nSPS) is 27.5. The van der Waals surface area contributed by atoms with E-state index in [0.29, 0.717) is 25.1 Å². The molecule has 0 aromatic rings. The summed E-state index contributed by atoms with van der Waals surface area (Å²) in [5, 5.41) is 3.34. The molecule has 0 heterocycles. The number of nitrogens with two attached hydrogens (primary N) is 1. The average Bonchev–Trinajstić information content (AvgIpc) is 2.18. The van der Waals surface area contributed by atoms with E-state index in [0.717, 1.165) is 12.8 Å². The van der Waals surface area contributed by atoms with E-state index in [1.807, 2.05) is 0 Å². The zero-order valence-corrected chi connectivity index (χ0v) is 8.79. The molecule has 3 N–H and O–H groups in total. The number of rotatable bonds is 5. The highest BCUT2D eigenvalue weighted by Crippen LogP contribution is 2.20. The first-order valence-corrected chi connectivity index (χ1v) is 5.27. The standard InChI is InChI=1S/C10H20N2O2/c1-14-9-4-2-3-8(7-9)12-6-5-10(11)13/h8-9,12H,2-7H2,1H3,(H2,11,13). The van der Waals surface area contributed by atoms with Gasteiger partial charge in [-0.3, -0.25) is 4.79 Å². The Labute approximate surface area is 85.2 Å². The van der Waals surface area contributed by atoms with Crippen molar-refractivity contribution in [1.82, 2.24) is 5.32 Å². The lowest BCUT2D eigenvalue weighted by Crippen LogP contribution is -2.38. The van der Waals surface area contributed by atoms with Crippen molar-refractivity contribution in [1.29, 1.82) is 0 Å². The maximum absolute atomic E-state index is 10.5. The Balaban J connectivity index is 2.14. The molecule has 0 aliphatic heterocycles. The highest BCUT2D eigenvalue weighted by molar-refractivity contribution is 5.73. The molecule has 2 atom stereocenters. The molecule has 1 aliphatic rings. The highest BCUT2D eigenvalue weighted by Gasteiger charge is 2.20. The average molecular weight is 200 g/mol. The quantitative estimate of drug-likeness (QED) is 0.675. The summed E-state index contributed by atoms with van der Waals surface area (Å²) in [6, 6.07) is 0.494. The Morgan fingerprint density at radius 3 is 3.00 bits per heavy atom. The Kier molecular flexibility index (Phi) is 4.90. The smallest absolute Gasteiger partial charge is 0.218 e. The Hall–Kier alpha value is -0.610. The van der Waals surface area contributed by atoms with E-state index in [4.69, 9.17) is 10.5 Å². The summed E-state index contributed by atoms with van der Waals surface area (Å²) < 4.78 is 5.32. The van der Waals surface area contributed by atoms with E-state index in [2.05, 4.69) is 5.32 Å². The van der Waals surface area contributed by atoms with Crippen molar-refractivity contribution in [3.8, 4) is 0 Å². The Bertz CT molecular complexity index is 185. The van der Waals surface area contributed by atoms with Crippen LogP contribution in [0.3, 0.4) is 0 Å². The van der Waals surface area contributed by atoms with Gasteiger partial charge in [-0.1, -0.05) is 0 Å². The Morgan fingerprint density at radius 2 is 2.36 bits per heavy atom. The van der Waals surface area contributed by atoms with Crippen LogP contribution >= 0.6 is 0 Å². The molecule has 0 saturated heterocycles. The zero-order chi connectivity index (χ0) is 10.4. The van der Waals surface area contributed by atoms with Gasteiger partial charge in [0, 0.05) is 26.1 Å². The summed E-state index contributed by atoms with van der Waals surface area (Å²) in [6.07, 6.45) is 5.40. The molecule has 1 amide bonds. The molecule has 0 aromatic heterocycles. The number of hydrogen-bond donors (Lipinski definition) is 2. The lowest BCUT2D eigenvalue weighted by molar-refractivity contribution is -0.117. The summed E-state index contributed by atoms with van der Waals surface area (Å²) in [5.74, 6) is -0.239. The van der Waals surface area contributed by atoms with Gasteiger partial charge in [-0.15, -0.1) is 0 Å². The third-order valence-electron chi connectivity index (χ3n) is 2.76. The second-order valence-electron chi connectivity index (χ2n) is 3.89. The van der Waals surface area contributed by atoms with Crippen molar-refractivity contribution in [2.45, 2.75) is 44.2 Å². The number of nitrogens with one attached hydrogen (secondary N) is 1. The van der Waals surface area contributed by atoms with Crippen LogP contribution in [0.4, 0.5) is 0 Å². The van der Waals surface area contributed by atoms with Crippen molar-refractivity contribution in [2.75, 3.05) is 13.7 Å². The van der Waals surface area contributed by atoms with E-state index in [1.165, 1.54) is 12.8 Å². The van der Waals surface area contributed by atoms with Crippen LogP contribution in [0.25, 0.3) is 0 Å². The number of amides is 1. The summed E-state index contributed by atoms with van der Waals surface area (Å²) in [4.78, 5) is 10.5. The number of carbonyl (C=O) groups is 1. The van der Waals surface area contributed by atoms with Crippen LogP contribution in [0, 0.1) is 0 Å². The number of carbonyl (C=O) groups excluding carboxylic acids is 1. The van der Waals surface area contributed by atoms with E-state index < -0.39 is 0 Å². The van der Waals surface area contributed by atoms with Gasteiger partial charge in [0.1, 0.15) is 0 Å². The lowest BCUT2D eigenvalue weighted by Gasteiger charge is -2.28. The molecule has 4 heteroatoms. The predicted octanol–water partition coefficient (Wildman–Crippen LogP) is 0.409. The Morgan fingerprint density at radius 1 is 1.57 bits per heavy atom. The third kappa shape index (κ3) is 4.07. The summed E-state index contributed by atoms with van der Waals surface area (Å²) in [6.45, 7) is 0.691. The van der Waals surface area contributed by atoms with Gasteiger partial charge in [-0.05, 0) is 25.7 Å². The van der Waals surface area contributed by atoms with Crippen LogP contribution in [0.5, 0.6) is 0 Å². The van der Waals surface area contributed by atoms with Gasteiger partial charge in [0.05, 0.1) is 6.10 Å². The van der Waals surface area contributed by atoms with Crippen LogP contribution < -0.4 is 11.1 Å². The topological polar surface area (TPSA) is 64.3 Å². The predicted molar refractivity (Wildman–Crippen MR) is 54.9 cm³/mol. The third-order valence-corrected chi connectivity index (χ3v) is 2.76. The largest absolute Gasteiger partial charge is 0.381 e. The van der Waals surface area contributed by atoms with Crippen LogP contribution in [-0.2, 0) is 9.53 Å².